The van der Waals surface area contributed by atoms with Gasteiger partial charge in [0.25, 0.3) is 0 Å². The van der Waals surface area contributed by atoms with Crippen molar-refractivity contribution in [3.05, 3.63) is 20.8 Å². The van der Waals surface area contributed by atoms with Gasteiger partial charge in [-0.2, -0.15) is 0 Å². The molecule has 0 radical (unpaired) electrons. The molecular weight excluding hydrogens is 268 g/mol. The maximum Gasteiger partial charge on any atom is 0.150 e. The van der Waals surface area contributed by atoms with Crippen molar-refractivity contribution >= 4 is 32.8 Å². The van der Waals surface area contributed by atoms with Crippen LogP contribution in [0.4, 0.5) is 0 Å². The fraction of sp³-hybridized carbons (Fsp3) is 0.600. The summed E-state index contributed by atoms with van der Waals surface area (Å²) in [7, 11) is -2.94. The van der Waals surface area contributed by atoms with Crippen molar-refractivity contribution in [2.24, 2.45) is 5.92 Å². The van der Waals surface area contributed by atoms with E-state index in [0.717, 1.165) is 10.4 Å². The highest BCUT2D eigenvalue weighted by molar-refractivity contribution is 7.91. The van der Waals surface area contributed by atoms with Crippen LogP contribution in [0.25, 0.3) is 0 Å². The van der Waals surface area contributed by atoms with E-state index >= 15 is 0 Å². The van der Waals surface area contributed by atoms with Crippen LogP contribution < -0.4 is 0 Å². The van der Waals surface area contributed by atoms with Crippen LogP contribution in [-0.2, 0) is 9.84 Å². The van der Waals surface area contributed by atoms with Crippen LogP contribution in [0.1, 0.15) is 23.0 Å². The van der Waals surface area contributed by atoms with Crippen molar-refractivity contribution in [3.63, 3.8) is 0 Å². The summed E-state index contributed by atoms with van der Waals surface area (Å²) in [4.78, 5) is 0.768. The quantitative estimate of drug-likeness (QED) is 0.903. The molecular formula is C10H13ClO3S2. The molecule has 2 unspecified atom stereocenters. The minimum absolute atomic E-state index is 0.0860. The van der Waals surface area contributed by atoms with Crippen LogP contribution in [-0.4, -0.2) is 25.0 Å². The molecule has 0 spiro atoms. The van der Waals surface area contributed by atoms with Crippen LogP contribution >= 0.6 is 22.9 Å². The predicted molar refractivity (Wildman–Crippen MR) is 65.8 cm³/mol. The highest BCUT2D eigenvalue weighted by atomic mass is 35.5. The largest absolute Gasteiger partial charge is 0.387 e. The Morgan fingerprint density at radius 3 is 2.75 bits per heavy atom. The zero-order valence-electron chi connectivity index (χ0n) is 8.81. The first-order valence-electron chi connectivity index (χ1n) is 5.03. The molecule has 1 aliphatic rings. The Morgan fingerprint density at radius 1 is 1.62 bits per heavy atom. The summed E-state index contributed by atoms with van der Waals surface area (Å²) >= 11 is 7.26. The molecule has 2 rings (SSSR count). The smallest absolute Gasteiger partial charge is 0.150 e. The van der Waals surface area contributed by atoms with Gasteiger partial charge in [0.05, 0.1) is 21.9 Å². The Hall–Kier alpha value is -0.100. The zero-order valence-corrected chi connectivity index (χ0v) is 11.2. The molecule has 1 aliphatic heterocycles. The Balaban J connectivity index is 2.17. The molecule has 0 saturated carbocycles. The highest BCUT2D eigenvalue weighted by Gasteiger charge is 2.34. The topological polar surface area (TPSA) is 54.4 Å². The van der Waals surface area contributed by atoms with Gasteiger partial charge < -0.3 is 5.11 Å². The van der Waals surface area contributed by atoms with E-state index in [9.17, 15) is 13.5 Å². The molecule has 0 bridgehead atoms. The number of aliphatic hydroxyl groups excluding tert-OH is 1. The molecule has 1 aromatic heterocycles. The van der Waals surface area contributed by atoms with E-state index in [1.807, 2.05) is 13.0 Å². The Morgan fingerprint density at radius 2 is 2.31 bits per heavy atom. The molecule has 0 amide bonds. The van der Waals surface area contributed by atoms with Crippen molar-refractivity contribution < 1.29 is 13.5 Å². The van der Waals surface area contributed by atoms with Crippen molar-refractivity contribution in [1.82, 2.24) is 0 Å². The van der Waals surface area contributed by atoms with E-state index in [1.54, 1.807) is 0 Å². The van der Waals surface area contributed by atoms with E-state index < -0.39 is 15.9 Å². The predicted octanol–water partition coefficient (Wildman–Crippen LogP) is 2.18. The van der Waals surface area contributed by atoms with Gasteiger partial charge in [-0.25, -0.2) is 8.42 Å². The summed E-state index contributed by atoms with van der Waals surface area (Å²) in [6, 6.07) is 1.84. The Labute approximate surface area is 104 Å². The summed E-state index contributed by atoms with van der Waals surface area (Å²) in [6.07, 6.45) is -0.161. The van der Waals surface area contributed by atoms with Gasteiger partial charge in [-0.3, -0.25) is 0 Å². The lowest BCUT2D eigenvalue weighted by Gasteiger charge is -2.14. The lowest BCUT2D eigenvalue weighted by Crippen LogP contribution is -2.13. The van der Waals surface area contributed by atoms with Crippen LogP contribution in [0.15, 0.2) is 6.07 Å². The summed E-state index contributed by atoms with van der Waals surface area (Å²) in [5.74, 6) is 0.0920. The third kappa shape index (κ3) is 2.42. The molecule has 1 aromatic rings. The maximum absolute atomic E-state index is 11.3. The average molecular weight is 281 g/mol. The third-order valence-electron chi connectivity index (χ3n) is 2.88. The number of rotatable bonds is 2. The van der Waals surface area contributed by atoms with Crippen molar-refractivity contribution in [2.45, 2.75) is 19.4 Å². The van der Waals surface area contributed by atoms with Crippen LogP contribution in [0.5, 0.6) is 0 Å². The fourth-order valence-corrected chi connectivity index (χ4v) is 5.06. The number of thiophene rings is 1. The molecule has 1 saturated heterocycles. The van der Waals surface area contributed by atoms with Gasteiger partial charge in [-0.05, 0) is 25.0 Å². The molecule has 1 fully saturated rings. The molecule has 1 N–H and O–H groups in total. The molecule has 3 nitrogen and oxygen atoms in total. The highest BCUT2D eigenvalue weighted by Crippen LogP contribution is 2.37. The summed E-state index contributed by atoms with van der Waals surface area (Å²) in [5, 5.41) is 10.1. The SMILES string of the molecule is Cc1cc(C(O)C2CCS(=O)(=O)C2)sc1Cl. The zero-order chi connectivity index (χ0) is 11.9. The lowest BCUT2D eigenvalue weighted by atomic mass is 10.0. The van der Waals surface area contributed by atoms with Gasteiger partial charge in [0.15, 0.2) is 9.84 Å². The number of hydrogen-bond acceptors (Lipinski definition) is 4. The number of hydrogen-bond donors (Lipinski definition) is 1. The van der Waals surface area contributed by atoms with Crippen LogP contribution in [0.3, 0.4) is 0 Å². The van der Waals surface area contributed by atoms with Gasteiger partial charge in [-0.15, -0.1) is 11.3 Å². The molecule has 16 heavy (non-hydrogen) atoms. The lowest BCUT2D eigenvalue weighted by molar-refractivity contribution is 0.124. The molecule has 90 valence electrons. The number of aliphatic hydroxyl groups is 1. The van der Waals surface area contributed by atoms with E-state index in [2.05, 4.69) is 0 Å². The number of sulfone groups is 1. The number of halogens is 1. The Kier molecular flexibility index (Phi) is 3.32. The van der Waals surface area contributed by atoms with Crippen molar-refractivity contribution in [1.29, 1.82) is 0 Å². The second kappa shape index (κ2) is 4.29. The van der Waals surface area contributed by atoms with E-state index in [4.69, 9.17) is 11.6 Å². The second-order valence-electron chi connectivity index (χ2n) is 4.21. The third-order valence-corrected chi connectivity index (χ3v) is 6.30. The first-order valence-corrected chi connectivity index (χ1v) is 8.05. The van der Waals surface area contributed by atoms with Crippen LogP contribution in [0.2, 0.25) is 4.34 Å². The molecule has 2 heterocycles. The van der Waals surface area contributed by atoms with Crippen molar-refractivity contribution in [2.75, 3.05) is 11.5 Å². The number of aryl methyl sites for hydroxylation is 1. The first kappa shape index (κ1) is 12.4. The second-order valence-corrected chi connectivity index (χ2v) is 8.13. The van der Waals surface area contributed by atoms with Crippen LogP contribution in [0, 0.1) is 12.8 Å². The molecule has 2 atom stereocenters. The van der Waals surface area contributed by atoms with Gasteiger partial charge in [0.2, 0.25) is 0 Å². The molecule has 0 aromatic carbocycles. The fourth-order valence-electron chi connectivity index (χ4n) is 1.93. The van der Waals surface area contributed by atoms with Gasteiger partial charge in [0.1, 0.15) is 0 Å². The van der Waals surface area contributed by atoms with Gasteiger partial charge >= 0.3 is 0 Å². The molecule has 6 heteroatoms. The van der Waals surface area contributed by atoms with Gasteiger partial charge in [-0.1, -0.05) is 11.6 Å². The van der Waals surface area contributed by atoms with E-state index in [-0.39, 0.29) is 17.4 Å². The Bertz CT molecular complexity index is 473. The van der Waals surface area contributed by atoms with Gasteiger partial charge in [0, 0.05) is 10.8 Å². The first-order chi connectivity index (χ1) is 7.39. The van der Waals surface area contributed by atoms with E-state index in [1.165, 1.54) is 11.3 Å². The normalized spacial score (nSPS) is 25.8. The summed E-state index contributed by atoms with van der Waals surface area (Å²) in [5.41, 5.74) is 0.932. The standard InChI is InChI=1S/C10H13ClO3S2/c1-6-4-8(15-10(6)11)9(12)7-2-3-16(13,14)5-7/h4,7,9,12H,2-3,5H2,1H3. The minimum atomic E-state index is -2.94. The minimum Gasteiger partial charge on any atom is -0.387 e. The van der Waals surface area contributed by atoms with Crippen molar-refractivity contribution in [3.8, 4) is 0 Å². The summed E-state index contributed by atoms with van der Waals surface area (Å²) < 4.78 is 23.3. The summed E-state index contributed by atoms with van der Waals surface area (Å²) in [6.45, 7) is 1.88. The molecule has 0 aliphatic carbocycles. The van der Waals surface area contributed by atoms with E-state index in [0.29, 0.717) is 10.8 Å². The monoisotopic (exact) mass is 280 g/mol. The average Bonchev–Trinajstić information content (AvgIpc) is 2.70. The maximum atomic E-state index is 11.3.